The van der Waals surface area contributed by atoms with E-state index in [1.165, 1.54) is 5.92 Å². The van der Waals surface area contributed by atoms with Crippen LogP contribution >= 0.6 is 0 Å². The SMILES string of the molecule is CC(C)(C)OC(=O)NCCOCCOCCN1CC23c4c5c6c7c8c9c(c%10c%11c2c2c4c4c%12c5c5c6c6c8c8c%13c9c9c%10c%10c%11c%11c2c2c4c4c%12c%12c5c5c6c8c6c8c%13c9c9c%10c%10c%11c2c2c4c4c%12c5c6c5c8c9c%10c2c45)C73C1[C]1[CH][CH][CH][CH]1.[CH]1[CH][CH][CH][CH]1.[Fe+2]. The van der Waals surface area contributed by atoms with Gasteiger partial charge in [-0.05, 0) is 392 Å². The van der Waals surface area contributed by atoms with Gasteiger partial charge in [0.25, 0.3) is 0 Å². The third-order valence-electron chi connectivity index (χ3n) is 28.2. The molecule has 1 aliphatic heterocycles. The van der Waals surface area contributed by atoms with Gasteiger partial charge in [-0.25, -0.2) is 4.79 Å². The Morgan fingerprint density at radius 1 is 0.378 bits per heavy atom. The number of benzene rings is 18. The van der Waals surface area contributed by atoms with Crippen molar-refractivity contribution < 1.29 is 36.1 Å². The van der Waals surface area contributed by atoms with Crippen LogP contribution in [-0.4, -0.2) is 68.7 Å². The first kappa shape index (κ1) is 42.2. The molecule has 0 bridgehead atoms. The molecular weight excluding hydrogens is 1140 g/mol. The largest absolute Gasteiger partial charge is 2.00 e. The van der Waals surface area contributed by atoms with Gasteiger partial charge in [0.15, 0.2) is 0 Å². The molecule has 1 unspecified atom stereocenters. The second kappa shape index (κ2) is 11.2. The van der Waals surface area contributed by atoms with Crippen LogP contribution in [0.3, 0.4) is 0 Å². The number of hydrogen-bond acceptors (Lipinski definition) is 5. The average Bonchev–Trinajstić information content (AvgIpc) is 1.38. The molecule has 1 atom stereocenters. The number of nitrogens with zero attached hydrogens (tertiary/aromatic N) is 1. The minimum atomic E-state index is -0.540. The molecule has 2 spiro atoms. The topological polar surface area (TPSA) is 60.0 Å². The Morgan fingerprint density at radius 2 is 0.633 bits per heavy atom. The van der Waals surface area contributed by atoms with E-state index >= 15 is 0 Å². The Labute approximate surface area is 515 Å². The number of carbonyl (C=O) groups excluding carboxylic acids is 1. The van der Waals surface area contributed by atoms with Crippen molar-refractivity contribution in [3.63, 3.8) is 0 Å². The Morgan fingerprint density at radius 3 is 0.911 bits per heavy atom. The molecule has 3 fully saturated rings. The molecule has 6 aliphatic carbocycles. The summed E-state index contributed by atoms with van der Waals surface area (Å²) >= 11 is 0. The molecule has 35 rings (SSSR count). The number of carbonyl (C=O) groups is 1. The van der Waals surface area contributed by atoms with Crippen LogP contribution in [0.25, 0.3) is 291 Å². The summed E-state index contributed by atoms with van der Waals surface area (Å²) < 4.78 is 18.4. The van der Waals surface area contributed by atoms with Crippen molar-refractivity contribution in [2.75, 3.05) is 46.1 Å². The average molecular weight is 1180 g/mol. The third kappa shape index (κ3) is 2.94. The predicted molar refractivity (Wildman–Crippen MR) is 367 cm³/mol. The standard InChI is InChI=1S/C78H29N2O4.C5H5.Fe/c1-76(2,3)84-75(81)79-8-10-82-12-13-83-11-9-80-14-77-70-62-54-44-34-26-18-16-17-20-24-22(18)30-38-32(24)42-36-28(20)29-21(17)25-23-19(16)27(26)35-41-31(23)39-33(25)43-37(29)47-46(36)58-52(42)60-50(38)56(48(54)40(30)34)64(70)66(60)72-68(58)69-59(47)53(43)61-51(39)57-49(41)55(45(35)44)63(62)71(77)65(57)67(61)73(69)78(72,77)74(80)15-6-4-5-7-15;1-2-4-5-3-1;/h4-7,74H,8-14H2,1-3H3,(H,79,81);1-5H;/q;;+2. The van der Waals surface area contributed by atoms with E-state index in [-0.39, 0.29) is 28.5 Å². The van der Waals surface area contributed by atoms with Crippen molar-refractivity contribution in [1.82, 2.24) is 10.2 Å². The monoisotopic (exact) mass is 1180 g/mol. The second-order valence-corrected chi connectivity index (χ2v) is 31.2. The number of alkyl carbamates (subject to hydrolysis) is 1. The molecule has 1 amide bonds. The number of nitrogens with one attached hydrogen (secondary N) is 1. The van der Waals surface area contributed by atoms with Gasteiger partial charge < -0.3 is 19.5 Å². The van der Waals surface area contributed by atoms with Crippen LogP contribution in [0.4, 0.5) is 4.79 Å². The Hall–Kier alpha value is -7.87. The molecule has 1 saturated heterocycles. The van der Waals surface area contributed by atoms with Gasteiger partial charge >= 0.3 is 23.2 Å². The van der Waals surface area contributed by atoms with Crippen LogP contribution in [0, 0.1) is 63.7 Å². The van der Waals surface area contributed by atoms with Gasteiger partial charge in [-0.1, -0.05) is 0 Å². The van der Waals surface area contributed by atoms with Crippen LogP contribution < -0.4 is 5.32 Å². The maximum absolute atomic E-state index is 12.4. The maximum atomic E-state index is 12.4. The van der Waals surface area contributed by atoms with Crippen molar-refractivity contribution in [1.29, 1.82) is 0 Å². The van der Waals surface area contributed by atoms with Gasteiger partial charge in [-0.3, -0.25) is 4.90 Å². The zero-order valence-electron chi connectivity index (χ0n) is 48.2. The summed E-state index contributed by atoms with van der Waals surface area (Å²) in [5.74, 6) is 1.46. The van der Waals surface area contributed by atoms with Crippen LogP contribution in [0.15, 0.2) is 0 Å². The van der Waals surface area contributed by atoms with Crippen LogP contribution in [0.2, 0.25) is 0 Å². The number of hydrogen-bond donors (Lipinski definition) is 1. The summed E-state index contributed by atoms with van der Waals surface area (Å²) in [4.78, 5) is 15.4. The smallest absolute Gasteiger partial charge is 0.444 e. The van der Waals surface area contributed by atoms with Gasteiger partial charge in [0.1, 0.15) is 5.60 Å². The summed E-state index contributed by atoms with van der Waals surface area (Å²) in [5.41, 5.74) is 5.60. The van der Waals surface area contributed by atoms with Crippen molar-refractivity contribution in [2.24, 2.45) is 0 Å². The fourth-order valence-corrected chi connectivity index (χ4v) is 27.5. The summed E-state index contributed by atoms with van der Waals surface area (Å²) in [7, 11) is 0. The van der Waals surface area contributed by atoms with Gasteiger partial charge in [-0.2, -0.15) is 0 Å². The van der Waals surface area contributed by atoms with E-state index in [9.17, 15) is 4.79 Å². The molecule has 2 saturated carbocycles. The third-order valence-corrected chi connectivity index (χ3v) is 28.2. The van der Waals surface area contributed by atoms with E-state index in [0.717, 1.165) is 13.1 Å². The number of amides is 1. The number of ether oxygens (including phenoxy) is 3. The van der Waals surface area contributed by atoms with E-state index in [1.807, 2.05) is 52.9 Å². The predicted octanol–water partition coefficient (Wildman–Crippen LogP) is 19.0. The van der Waals surface area contributed by atoms with Crippen molar-refractivity contribution in [3.05, 3.63) is 86.0 Å². The van der Waals surface area contributed by atoms with Crippen LogP contribution in [0.1, 0.15) is 43.0 Å². The second-order valence-electron chi connectivity index (χ2n) is 31.2. The molecule has 90 heavy (non-hydrogen) atoms. The Kier molecular flexibility index (Phi) is 5.23. The molecule has 7 heteroatoms. The van der Waals surface area contributed by atoms with E-state index in [0.29, 0.717) is 33.0 Å². The van der Waals surface area contributed by atoms with Crippen LogP contribution in [-0.2, 0) is 42.1 Å². The van der Waals surface area contributed by atoms with E-state index in [1.54, 1.807) is 313 Å². The fraction of sp³-hybridized carbons (Fsp3) is 0.169. The number of rotatable bonds is 10. The zero-order chi connectivity index (χ0) is 55.4. The molecule has 406 valence electrons. The molecule has 10 radical (unpaired) electrons. The first-order chi connectivity index (χ1) is 43.9. The minimum Gasteiger partial charge on any atom is -0.444 e. The van der Waals surface area contributed by atoms with Crippen molar-refractivity contribution >= 4 is 297 Å². The normalized spacial score (nSPS) is 23.0. The molecule has 0 aromatic heterocycles. The van der Waals surface area contributed by atoms with E-state index in [4.69, 9.17) is 14.2 Å². The Bertz CT molecular complexity index is 7520. The molecule has 7 aliphatic rings. The molecule has 28 aromatic carbocycles. The van der Waals surface area contributed by atoms with Gasteiger partial charge in [0.2, 0.25) is 0 Å². The summed E-state index contributed by atoms with van der Waals surface area (Å²) in [6, 6.07) is 0.0713. The molecular formula is C83H34FeN2O4+2. The first-order valence-electron chi connectivity index (χ1n) is 32.9. The summed E-state index contributed by atoms with van der Waals surface area (Å²) in [5, 5.41) is 91.5. The van der Waals surface area contributed by atoms with Gasteiger partial charge in [0, 0.05) is 31.6 Å². The maximum Gasteiger partial charge on any atom is 2.00 e. The van der Waals surface area contributed by atoms with E-state index in [2.05, 4.69) is 35.9 Å². The minimum absolute atomic E-state index is 0. The summed E-state index contributed by atoms with van der Waals surface area (Å²) in [6.45, 7) is 9.82. The van der Waals surface area contributed by atoms with Gasteiger partial charge in [0.05, 0.1) is 37.3 Å². The first-order valence-corrected chi connectivity index (χ1v) is 32.9. The zero-order valence-corrected chi connectivity index (χ0v) is 49.3. The van der Waals surface area contributed by atoms with Crippen molar-refractivity contribution in [3.8, 4) is 0 Å². The molecule has 28 aromatic rings. The molecule has 6 nitrogen and oxygen atoms in total. The summed E-state index contributed by atoms with van der Waals surface area (Å²) in [6.07, 6.45) is 19.4. The number of likely N-dealkylation sites (tertiary alicyclic amines) is 1. The quantitative estimate of drug-likeness (QED) is 0.0840. The molecule has 1 heterocycles. The van der Waals surface area contributed by atoms with Crippen molar-refractivity contribution in [2.45, 2.75) is 43.2 Å². The van der Waals surface area contributed by atoms with E-state index < -0.39 is 17.1 Å². The van der Waals surface area contributed by atoms with Gasteiger partial charge in [-0.15, -0.1) is 0 Å². The molecule has 1 N–H and O–H groups in total. The Balaban J connectivity index is 0.000000711. The van der Waals surface area contributed by atoms with Crippen LogP contribution in [0.5, 0.6) is 0 Å². The fourth-order valence-electron chi connectivity index (χ4n) is 27.5.